The summed E-state index contributed by atoms with van der Waals surface area (Å²) < 4.78 is 0. The summed E-state index contributed by atoms with van der Waals surface area (Å²) in [6.45, 7) is 6.56. The zero-order chi connectivity index (χ0) is 18.0. The Morgan fingerprint density at radius 1 is 1.40 bits per heavy atom. The molecular weight excluding hydrogens is 330 g/mol. The van der Waals surface area contributed by atoms with Gasteiger partial charge >= 0.3 is 0 Å². The smallest absolute Gasteiger partial charge is 0.240 e. The molecule has 128 valence electrons. The van der Waals surface area contributed by atoms with Crippen molar-refractivity contribution in [2.75, 3.05) is 11.4 Å². The van der Waals surface area contributed by atoms with Gasteiger partial charge in [0.1, 0.15) is 11.1 Å². The largest absolute Gasteiger partial charge is 0.311 e. The van der Waals surface area contributed by atoms with Crippen molar-refractivity contribution in [1.29, 1.82) is 5.26 Å². The SMILES string of the molecule is CCC(Sc1nc(C)cc(C)c1C#N)C(=O)N1CCc2ccccc21. The molecule has 1 amide bonds. The molecule has 1 aromatic heterocycles. The lowest BCUT2D eigenvalue weighted by molar-refractivity contribution is -0.118. The molecule has 0 saturated carbocycles. The minimum Gasteiger partial charge on any atom is -0.311 e. The average Bonchev–Trinajstić information content (AvgIpc) is 3.02. The molecule has 1 aliphatic rings. The Hall–Kier alpha value is -2.32. The Bertz CT molecular complexity index is 857. The molecule has 0 saturated heterocycles. The highest BCUT2D eigenvalue weighted by Crippen LogP contribution is 2.34. The number of pyridine rings is 1. The molecule has 0 aliphatic carbocycles. The van der Waals surface area contributed by atoms with E-state index in [0.717, 1.165) is 29.9 Å². The van der Waals surface area contributed by atoms with Crippen LogP contribution >= 0.6 is 11.8 Å². The number of benzene rings is 1. The Morgan fingerprint density at radius 2 is 2.16 bits per heavy atom. The second kappa shape index (κ2) is 7.28. The summed E-state index contributed by atoms with van der Waals surface area (Å²) in [5.74, 6) is 0.0994. The quantitative estimate of drug-likeness (QED) is 0.780. The van der Waals surface area contributed by atoms with E-state index < -0.39 is 0 Å². The van der Waals surface area contributed by atoms with Crippen LogP contribution in [0, 0.1) is 25.2 Å². The normalized spacial score (nSPS) is 14.1. The molecule has 0 bridgehead atoms. The van der Waals surface area contributed by atoms with Gasteiger partial charge in [-0.05, 0) is 49.9 Å². The van der Waals surface area contributed by atoms with E-state index in [1.54, 1.807) is 0 Å². The summed E-state index contributed by atoms with van der Waals surface area (Å²) in [4.78, 5) is 19.5. The van der Waals surface area contributed by atoms with Crippen molar-refractivity contribution in [2.24, 2.45) is 0 Å². The zero-order valence-electron chi connectivity index (χ0n) is 14.7. The van der Waals surface area contributed by atoms with Crippen LogP contribution in [0.25, 0.3) is 0 Å². The van der Waals surface area contributed by atoms with Crippen molar-refractivity contribution in [3.63, 3.8) is 0 Å². The van der Waals surface area contributed by atoms with Gasteiger partial charge < -0.3 is 4.90 Å². The van der Waals surface area contributed by atoms with Crippen molar-refractivity contribution < 1.29 is 4.79 Å². The van der Waals surface area contributed by atoms with Crippen molar-refractivity contribution in [1.82, 2.24) is 4.98 Å². The minimum atomic E-state index is -0.244. The van der Waals surface area contributed by atoms with Crippen LogP contribution in [0.4, 0.5) is 5.69 Å². The number of carbonyl (C=O) groups is 1. The first kappa shape index (κ1) is 17.5. The van der Waals surface area contributed by atoms with Crippen LogP contribution in [-0.2, 0) is 11.2 Å². The van der Waals surface area contributed by atoms with Crippen LogP contribution in [0.3, 0.4) is 0 Å². The molecule has 0 N–H and O–H groups in total. The summed E-state index contributed by atoms with van der Waals surface area (Å²) in [5, 5.41) is 9.87. The summed E-state index contributed by atoms with van der Waals surface area (Å²) >= 11 is 1.41. The first-order valence-corrected chi connectivity index (χ1v) is 9.37. The van der Waals surface area contributed by atoms with Crippen LogP contribution in [0.2, 0.25) is 0 Å². The van der Waals surface area contributed by atoms with Crippen LogP contribution in [-0.4, -0.2) is 22.7 Å². The van der Waals surface area contributed by atoms with E-state index in [0.29, 0.717) is 17.0 Å². The van der Waals surface area contributed by atoms with Gasteiger partial charge in [-0.15, -0.1) is 0 Å². The summed E-state index contributed by atoms with van der Waals surface area (Å²) in [6.07, 6.45) is 1.59. The number of amides is 1. The molecule has 5 heteroatoms. The van der Waals surface area contributed by atoms with Crippen molar-refractivity contribution in [3.05, 3.63) is 52.7 Å². The molecule has 0 fully saturated rings. The molecule has 1 aromatic carbocycles. The number of rotatable bonds is 4. The fourth-order valence-electron chi connectivity index (χ4n) is 3.21. The maximum absolute atomic E-state index is 13.1. The average molecular weight is 351 g/mol. The number of nitrogens with zero attached hydrogens (tertiary/aromatic N) is 3. The molecule has 3 rings (SSSR count). The van der Waals surface area contributed by atoms with Gasteiger partial charge in [-0.25, -0.2) is 4.98 Å². The molecule has 0 radical (unpaired) electrons. The highest BCUT2D eigenvalue weighted by molar-refractivity contribution is 8.00. The van der Waals surface area contributed by atoms with E-state index in [9.17, 15) is 10.1 Å². The lowest BCUT2D eigenvalue weighted by atomic mass is 10.1. The molecule has 1 unspecified atom stereocenters. The fraction of sp³-hybridized carbons (Fsp3) is 0.350. The Morgan fingerprint density at radius 3 is 2.88 bits per heavy atom. The molecule has 1 atom stereocenters. The number of fused-ring (bicyclic) bond motifs is 1. The lowest BCUT2D eigenvalue weighted by Crippen LogP contribution is -2.36. The van der Waals surface area contributed by atoms with Gasteiger partial charge in [-0.1, -0.05) is 36.9 Å². The van der Waals surface area contributed by atoms with Gasteiger partial charge in [0.05, 0.1) is 10.8 Å². The standard InChI is InChI=1S/C20H21N3OS/c1-4-18(25-19-16(12-21)13(2)11-14(3)22-19)20(24)23-10-9-15-7-5-6-8-17(15)23/h5-8,11,18H,4,9-10H2,1-3H3. The molecule has 0 spiro atoms. The van der Waals surface area contributed by atoms with E-state index in [2.05, 4.69) is 17.1 Å². The molecule has 2 heterocycles. The monoisotopic (exact) mass is 351 g/mol. The summed E-state index contributed by atoms with van der Waals surface area (Å²) in [7, 11) is 0. The molecule has 25 heavy (non-hydrogen) atoms. The highest BCUT2D eigenvalue weighted by Gasteiger charge is 2.30. The lowest BCUT2D eigenvalue weighted by Gasteiger charge is -2.23. The van der Waals surface area contributed by atoms with Gasteiger partial charge in [0.2, 0.25) is 5.91 Å². The molecule has 2 aromatic rings. The molecule has 1 aliphatic heterocycles. The van der Waals surface area contributed by atoms with Crippen molar-refractivity contribution in [3.8, 4) is 6.07 Å². The first-order chi connectivity index (χ1) is 12.0. The van der Waals surface area contributed by atoms with E-state index in [1.807, 2.05) is 49.9 Å². The minimum absolute atomic E-state index is 0.0994. The van der Waals surface area contributed by atoms with Crippen LogP contribution in [0.15, 0.2) is 35.4 Å². The predicted molar refractivity (Wildman–Crippen MR) is 101 cm³/mol. The molecular formula is C20H21N3OS. The Labute approximate surface area is 152 Å². The number of hydrogen-bond donors (Lipinski definition) is 0. The third-order valence-corrected chi connectivity index (χ3v) is 5.81. The van der Waals surface area contributed by atoms with E-state index in [1.165, 1.54) is 17.3 Å². The van der Waals surface area contributed by atoms with Gasteiger partial charge in [0, 0.05) is 17.9 Å². The summed E-state index contributed by atoms with van der Waals surface area (Å²) in [6, 6.07) is 12.2. The van der Waals surface area contributed by atoms with Crippen LogP contribution in [0.5, 0.6) is 0 Å². The van der Waals surface area contributed by atoms with Gasteiger partial charge in [0.25, 0.3) is 0 Å². The first-order valence-electron chi connectivity index (χ1n) is 8.49. The Balaban J connectivity index is 1.87. The number of aromatic nitrogens is 1. The van der Waals surface area contributed by atoms with Crippen LogP contribution in [0.1, 0.15) is 35.7 Å². The predicted octanol–water partition coefficient (Wildman–Crippen LogP) is 4.03. The number of aryl methyl sites for hydroxylation is 2. The molecule has 4 nitrogen and oxygen atoms in total. The summed E-state index contributed by atoms with van der Waals surface area (Å²) in [5.41, 5.74) is 4.58. The van der Waals surface area contributed by atoms with Gasteiger partial charge in [0.15, 0.2) is 0 Å². The number of carbonyl (C=O) groups excluding carboxylic acids is 1. The number of hydrogen-bond acceptors (Lipinski definition) is 4. The van der Waals surface area contributed by atoms with Gasteiger partial charge in [-0.2, -0.15) is 5.26 Å². The van der Waals surface area contributed by atoms with Crippen molar-refractivity contribution in [2.45, 2.75) is 43.9 Å². The highest BCUT2D eigenvalue weighted by atomic mass is 32.2. The maximum atomic E-state index is 13.1. The number of thioether (sulfide) groups is 1. The van der Waals surface area contributed by atoms with Crippen molar-refractivity contribution >= 4 is 23.4 Å². The van der Waals surface area contributed by atoms with Gasteiger partial charge in [-0.3, -0.25) is 4.79 Å². The van der Waals surface area contributed by atoms with E-state index in [-0.39, 0.29) is 11.2 Å². The second-order valence-corrected chi connectivity index (χ2v) is 7.45. The van der Waals surface area contributed by atoms with E-state index in [4.69, 9.17) is 0 Å². The maximum Gasteiger partial charge on any atom is 0.240 e. The number of para-hydroxylation sites is 1. The zero-order valence-corrected chi connectivity index (χ0v) is 15.6. The van der Waals surface area contributed by atoms with E-state index >= 15 is 0 Å². The number of anilines is 1. The second-order valence-electron chi connectivity index (χ2n) is 6.26. The third kappa shape index (κ3) is 3.40. The number of nitriles is 1. The topological polar surface area (TPSA) is 57.0 Å². The fourth-order valence-corrected chi connectivity index (χ4v) is 4.39. The Kier molecular flexibility index (Phi) is 5.10. The third-order valence-electron chi connectivity index (χ3n) is 4.48. The van der Waals surface area contributed by atoms with Crippen LogP contribution < -0.4 is 4.90 Å².